The highest BCUT2D eigenvalue weighted by molar-refractivity contribution is 7.93. The topological polar surface area (TPSA) is 114 Å². The Hall–Kier alpha value is -3.61. The second-order valence-electron chi connectivity index (χ2n) is 12.6. The Kier molecular flexibility index (Phi) is 8.82. The first-order valence-corrected chi connectivity index (χ1v) is 17.3. The van der Waals surface area contributed by atoms with Crippen molar-refractivity contribution in [2.45, 2.75) is 62.2 Å². The van der Waals surface area contributed by atoms with Gasteiger partial charge in [-0.1, -0.05) is 29.3 Å². The van der Waals surface area contributed by atoms with Crippen LogP contribution in [0.3, 0.4) is 0 Å². The van der Waals surface area contributed by atoms with Crippen molar-refractivity contribution in [1.82, 2.24) is 15.2 Å². The molecule has 2 unspecified atom stereocenters. The molecule has 1 aromatic heterocycles. The van der Waals surface area contributed by atoms with Crippen LogP contribution in [0.4, 0.5) is 5.69 Å². The van der Waals surface area contributed by atoms with E-state index in [9.17, 15) is 8.42 Å². The van der Waals surface area contributed by atoms with Crippen molar-refractivity contribution in [3.63, 3.8) is 0 Å². The molecule has 2 atom stereocenters. The molecule has 4 aromatic rings. The summed E-state index contributed by atoms with van der Waals surface area (Å²) in [4.78, 5) is 21.8. The van der Waals surface area contributed by atoms with Crippen LogP contribution in [0.5, 0.6) is 11.5 Å². The molecule has 13 heteroatoms. The number of hydrogen-bond donors (Lipinski definition) is 1. The summed E-state index contributed by atoms with van der Waals surface area (Å²) in [6, 6.07) is 14.1. The van der Waals surface area contributed by atoms with Gasteiger partial charge in [0.1, 0.15) is 17.8 Å². The van der Waals surface area contributed by atoms with Crippen LogP contribution in [0.15, 0.2) is 76.4 Å². The van der Waals surface area contributed by atoms with E-state index < -0.39 is 27.5 Å². The van der Waals surface area contributed by atoms with Crippen molar-refractivity contribution in [3.05, 3.63) is 99.7 Å². The number of benzene rings is 3. The van der Waals surface area contributed by atoms with Gasteiger partial charge in [0.15, 0.2) is 5.54 Å². The number of aromatic nitrogens is 1. The SMILES string of the molecule is COc1ccc(S(=O)(=O)N2C(=O)C(c3cc(CNC(C)(C)C)ccc3OC)(N3CCCC3c3ncco3)c3cc(Cl)c(Cl)cc32)cc1. The number of ether oxygens (including phenoxy) is 2. The van der Waals surface area contributed by atoms with Crippen LogP contribution in [0.25, 0.3) is 0 Å². The summed E-state index contributed by atoms with van der Waals surface area (Å²) in [5, 5.41) is 3.77. The molecule has 1 amide bonds. The Labute approximate surface area is 284 Å². The molecule has 2 aliphatic heterocycles. The molecule has 1 fully saturated rings. The van der Waals surface area contributed by atoms with Gasteiger partial charge in [0.25, 0.3) is 15.9 Å². The predicted octanol–water partition coefficient (Wildman–Crippen LogP) is 6.70. The van der Waals surface area contributed by atoms with Crippen molar-refractivity contribution in [2.24, 2.45) is 0 Å². The van der Waals surface area contributed by atoms with Crippen molar-refractivity contribution in [1.29, 1.82) is 0 Å². The second kappa shape index (κ2) is 12.4. The maximum Gasteiger partial charge on any atom is 0.271 e. The van der Waals surface area contributed by atoms with E-state index in [-0.39, 0.29) is 26.2 Å². The number of halogens is 2. The molecule has 10 nitrogen and oxygen atoms in total. The maximum absolute atomic E-state index is 15.5. The Balaban J connectivity index is 1.67. The summed E-state index contributed by atoms with van der Waals surface area (Å²) in [7, 11) is -1.47. The minimum atomic E-state index is -4.49. The van der Waals surface area contributed by atoms with Gasteiger partial charge < -0.3 is 19.2 Å². The first kappa shape index (κ1) is 33.3. The zero-order valence-corrected chi connectivity index (χ0v) is 29.0. The van der Waals surface area contributed by atoms with Gasteiger partial charge in [-0.15, -0.1) is 0 Å². The predicted molar refractivity (Wildman–Crippen MR) is 180 cm³/mol. The molecule has 0 spiro atoms. The fourth-order valence-corrected chi connectivity index (χ4v) is 8.26. The van der Waals surface area contributed by atoms with Crippen LogP contribution in [0.1, 0.15) is 62.2 Å². The van der Waals surface area contributed by atoms with Gasteiger partial charge in [0, 0.05) is 29.8 Å². The maximum atomic E-state index is 15.5. The highest BCUT2D eigenvalue weighted by Gasteiger charge is 2.63. The first-order valence-electron chi connectivity index (χ1n) is 15.1. The second-order valence-corrected chi connectivity index (χ2v) is 15.2. The number of sulfonamides is 1. The van der Waals surface area contributed by atoms with E-state index in [1.165, 1.54) is 50.8 Å². The summed E-state index contributed by atoms with van der Waals surface area (Å²) in [6.07, 6.45) is 4.35. The van der Waals surface area contributed by atoms with Gasteiger partial charge >= 0.3 is 0 Å². The van der Waals surface area contributed by atoms with Gasteiger partial charge in [-0.2, -0.15) is 0 Å². The molecule has 2 aliphatic rings. The highest BCUT2D eigenvalue weighted by atomic mass is 35.5. The van der Waals surface area contributed by atoms with Gasteiger partial charge in [0.2, 0.25) is 5.89 Å². The molecular formula is C34H36Cl2N4O6S. The monoisotopic (exact) mass is 698 g/mol. The number of rotatable bonds is 9. The quantitative estimate of drug-likeness (QED) is 0.204. The van der Waals surface area contributed by atoms with Crippen LogP contribution in [0.2, 0.25) is 10.0 Å². The summed E-state index contributed by atoms with van der Waals surface area (Å²) < 4.78 is 47.0. The normalized spacial score (nSPS) is 20.1. The van der Waals surface area contributed by atoms with E-state index >= 15 is 4.79 Å². The van der Waals surface area contributed by atoms with E-state index in [0.29, 0.717) is 54.4 Å². The van der Waals surface area contributed by atoms with Crippen LogP contribution in [0, 0.1) is 0 Å². The van der Waals surface area contributed by atoms with E-state index in [1.54, 1.807) is 18.3 Å². The molecule has 1 saturated heterocycles. The Morgan fingerprint density at radius 2 is 1.74 bits per heavy atom. The lowest BCUT2D eigenvalue weighted by molar-refractivity contribution is -0.127. The first-order chi connectivity index (χ1) is 22.3. The molecule has 0 aliphatic carbocycles. The average Bonchev–Trinajstić information content (AvgIpc) is 3.79. The third kappa shape index (κ3) is 5.67. The van der Waals surface area contributed by atoms with Crippen LogP contribution in [-0.2, 0) is 26.9 Å². The Morgan fingerprint density at radius 1 is 1.02 bits per heavy atom. The third-order valence-corrected chi connectivity index (χ3v) is 11.1. The number of amides is 1. The lowest BCUT2D eigenvalue weighted by atomic mass is 9.80. The minimum Gasteiger partial charge on any atom is -0.497 e. The number of carbonyl (C=O) groups is 1. The van der Waals surface area contributed by atoms with Crippen molar-refractivity contribution in [3.8, 4) is 11.5 Å². The number of nitrogens with zero attached hydrogens (tertiary/aromatic N) is 3. The average molecular weight is 700 g/mol. The number of anilines is 1. The fraction of sp³-hybridized carbons (Fsp3) is 0.353. The minimum absolute atomic E-state index is 0.0959. The van der Waals surface area contributed by atoms with Crippen molar-refractivity contribution in [2.75, 3.05) is 25.1 Å². The number of likely N-dealkylation sites (tertiary alicyclic amines) is 1. The van der Waals surface area contributed by atoms with Gasteiger partial charge in [-0.3, -0.25) is 9.69 Å². The van der Waals surface area contributed by atoms with Crippen LogP contribution in [-0.4, -0.2) is 50.5 Å². The van der Waals surface area contributed by atoms with Gasteiger partial charge in [-0.25, -0.2) is 17.7 Å². The molecule has 6 rings (SSSR count). The molecule has 0 radical (unpaired) electrons. The number of fused-ring (bicyclic) bond motifs is 1. The van der Waals surface area contributed by atoms with E-state index in [0.717, 1.165) is 9.87 Å². The van der Waals surface area contributed by atoms with E-state index in [1.807, 2.05) is 17.0 Å². The van der Waals surface area contributed by atoms with Gasteiger partial charge in [-0.05, 0) is 87.7 Å². The Bertz CT molecular complexity index is 1910. The number of nitrogens with one attached hydrogen (secondary N) is 1. The third-order valence-electron chi connectivity index (χ3n) is 8.64. The summed E-state index contributed by atoms with van der Waals surface area (Å²) >= 11 is 13.3. The van der Waals surface area contributed by atoms with E-state index in [4.69, 9.17) is 37.1 Å². The molecule has 0 bridgehead atoms. The zero-order chi connectivity index (χ0) is 33.7. The molecule has 3 heterocycles. The summed E-state index contributed by atoms with van der Waals surface area (Å²) in [5.41, 5.74) is -0.143. The molecule has 3 aromatic carbocycles. The Morgan fingerprint density at radius 3 is 2.38 bits per heavy atom. The number of hydrogen-bond acceptors (Lipinski definition) is 9. The van der Waals surface area contributed by atoms with E-state index in [2.05, 4.69) is 31.1 Å². The molecule has 0 saturated carbocycles. The molecular weight excluding hydrogens is 663 g/mol. The standard InChI is InChI=1S/C34H36Cl2N4O6S/c1-33(2,3)38-20-21-8-13-30(45-5)25(17-21)34(39-15-6-7-28(39)31-37-14-16-46-31)24-18-26(35)27(36)19-29(24)40(32(34)41)47(42,43)23-11-9-22(44-4)10-12-23/h8-14,16-19,28,38H,6-7,15,20H2,1-5H3. The number of methoxy groups -OCH3 is 2. The van der Waals surface area contributed by atoms with Crippen molar-refractivity contribution >= 4 is 44.8 Å². The van der Waals surface area contributed by atoms with Crippen molar-refractivity contribution < 1.29 is 27.1 Å². The molecule has 47 heavy (non-hydrogen) atoms. The largest absolute Gasteiger partial charge is 0.497 e. The summed E-state index contributed by atoms with van der Waals surface area (Å²) in [6.45, 7) is 7.09. The molecule has 1 N–H and O–H groups in total. The van der Waals surface area contributed by atoms with Crippen LogP contribution >= 0.6 is 23.2 Å². The lowest BCUT2D eigenvalue weighted by Gasteiger charge is -2.41. The highest BCUT2D eigenvalue weighted by Crippen LogP contribution is 2.57. The lowest BCUT2D eigenvalue weighted by Crippen LogP contribution is -2.54. The van der Waals surface area contributed by atoms with Gasteiger partial charge in [0.05, 0.1) is 47.1 Å². The smallest absolute Gasteiger partial charge is 0.271 e. The number of carbonyl (C=O) groups excluding carboxylic acids is 1. The fourth-order valence-electron chi connectivity index (χ4n) is 6.49. The zero-order valence-electron chi connectivity index (χ0n) is 26.7. The summed E-state index contributed by atoms with van der Waals surface area (Å²) in [5.74, 6) is 0.561. The number of oxazole rings is 1. The molecule has 248 valence electrons. The van der Waals surface area contributed by atoms with Crippen LogP contribution < -0.4 is 19.1 Å².